The van der Waals surface area contributed by atoms with Gasteiger partial charge in [0.25, 0.3) is 0 Å². The third kappa shape index (κ3) is 3.61. The molecule has 0 saturated heterocycles. The maximum atomic E-state index is 11.7. The molecular weight excluding hydrogens is 244 g/mol. The number of amides is 1. The van der Waals surface area contributed by atoms with Gasteiger partial charge >= 0.3 is 0 Å². The highest BCUT2D eigenvalue weighted by atomic mass is 16.7. The molecule has 0 unspecified atom stereocenters. The van der Waals surface area contributed by atoms with Crippen LogP contribution >= 0.6 is 0 Å². The number of anilines is 1. The second kappa shape index (κ2) is 5.48. The van der Waals surface area contributed by atoms with Crippen molar-refractivity contribution < 1.29 is 14.3 Å². The molecule has 0 aliphatic carbocycles. The molecule has 1 aliphatic heterocycles. The van der Waals surface area contributed by atoms with Gasteiger partial charge in [0.1, 0.15) is 0 Å². The predicted molar refractivity (Wildman–Crippen MR) is 73.6 cm³/mol. The van der Waals surface area contributed by atoms with Crippen molar-refractivity contribution in [2.24, 2.45) is 0 Å². The van der Waals surface area contributed by atoms with Gasteiger partial charge in [0.15, 0.2) is 11.5 Å². The molecule has 0 atom stereocenters. The maximum Gasteiger partial charge on any atom is 0.246 e. The average Bonchev–Trinajstić information content (AvgIpc) is 2.62. The zero-order valence-electron chi connectivity index (χ0n) is 11.6. The van der Waals surface area contributed by atoms with Crippen LogP contribution in [0.2, 0.25) is 0 Å². The number of benzene rings is 1. The van der Waals surface area contributed by atoms with Crippen LogP contribution in [0, 0.1) is 0 Å². The van der Waals surface area contributed by atoms with Crippen molar-refractivity contribution >= 4 is 11.6 Å². The molecule has 0 fully saturated rings. The van der Waals surface area contributed by atoms with Crippen LogP contribution in [0.15, 0.2) is 18.2 Å². The first-order valence-electron chi connectivity index (χ1n) is 6.53. The first-order chi connectivity index (χ1) is 9.00. The van der Waals surface area contributed by atoms with Crippen molar-refractivity contribution in [2.45, 2.75) is 33.0 Å². The molecule has 0 aromatic heterocycles. The lowest BCUT2D eigenvalue weighted by Gasteiger charge is -2.16. The Morgan fingerprint density at radius 3 is 2.74 bits per heavy atom. The number of carbonyl (C=O) groups is 1. The summed E-state index contributed by atoms with van der Waals surface area (Å²) in [4.78, 5) is 11.7. The lowest BCUT2D eigenvalue weighted by atomic mass is 10.2. The summed E-state index contributed by atoms with van der Waals surface area (Å²) < 4.78 is 11.2. The molecular formula is C14H20N2O3. The standard InChI is InChI=1S/C14H20N2O3/c1-4-15-8-7-13(17)16-10-5-6-11-12(9-10)19-14(2,3)18-11/h5-6,9,15H,4,7-8H2,1-3H3,(H,16,17). The molecule has 1 aromatic carbocycles. The summed E-state index contributed by atoms with van der Waals surface area (Å²) in [5.74, 6) is 0.708. The molecule has 0 saturated carbocycles. The normalized spacial score (nSPS) is 15.3. The maximum absolute atomic E-state index is 11.7. The number of carbonyl (C=O) groups excluding carboxylic acids is 1. The Morgan fingerprint density at radius 1 is 1.26 bits per heavy atom. The SMILES string of the molecule is CCNCCC(=O)Nc1ccc2c(c1)OC(C)(C)O2. The third-order valence-corrected chi connectivity index (χ3v) is 2.72. The zero-order valence-corrected chi connectivity index (χ0v) is 11.6. The van der Waals surface area contributed by atoms with Crippen LogP contribution in [-0.4, -0.2) is 24.8 Å². The molecule has 104 valence electrons. The summed E-state index contributed by atoms with van der Waals surface area (Å²) in [5.41, 5.74) is 0.724. The van der Waals surface area contributed by atoms with Crippen molar-refractivity contribution in [1.82, 2.24) is 5.32 Å². The Kier molecular flexibility index (Phi) is 3.95. The van der Waals surface area contributed by atoms with Gasteiger partial charge in [0, 0.05) is 38.6 Å². The number of ether oxygens (including phenoxy) is 2. The largest absolute Gasteiger partial charge is 0.449 e. The summed E-state index contributed by atoms with van der Waals surface area (Å²) in [7, 11) is 0. The van der Waals surface area contributed by atoms with Gasteiger partial charge in [-0.3, -0.25) is 4.79 Å². The Balaban J connectivity index is 1.95. The van der Waals surface area contributed by atoms with E-state index < -0.39 is 5.79 Å². The number of rotatable bonds is 5. The van der Waals surface area contributed by atoms with Crippen LogP contribution in [-0.2, 0) is 4.79 Å². The van der Waals surface area contributed by atoms with Crippen molar-refractivity contribution in [2.75, 3.05) is 18.4 Å². The molecule has 0 radical (unpaired) electrons. The van der Waals surface area contributed by atoms with E-state index in [-0.39, 0.29) is 5.91 Å². The molecule has 0 bridgehead atoms. The number of hydrogen-bond acceptors (Lipinski definition) is 4. The molecule has 2 N–H and O–H groups in total. The van der Waals surface area contributed by atoms with E-state index in [1.165, 1.54) is 0 Å². The van der Waals surface area contributed by atoms with E-state index in [0.717, 1.165) is 12.2 Å². The lowest BCUT2D eigenvalue weighted by molar-refractivity contribution is -0.116. The minimum Gasteiger partial charge on any atom is -0.449 e. The van der Waals surface area contributed by atoms with Gasteiger partial charge in [0.2, 0.25) is 11.7 Å². The van der Waals surface area contributed by atoms with Crippen LogP contribution in [0.4, 0.5) is 5.69 Å². The van der Waals surface area contributed by atoms with E-state index in [4.69, 9.17) is 9.47 Å². The molecule has 5 nitrogen and oxygen atoms in total. The van der Waals surface area contributed by atoms with Gasteiger partial charge < -0.3 is 20.1 Å². The summed E-state index contributed by atoms with van der Waals surface area (Å²) in [5, 5.41) is 5.96. The molecule has 1 amide bonds. The van der Waals surface area contributed by atoms with Gasteiger partial charge in [-0.2, -0.15) is 0 Å². The Labute approximate surface area is 113 Å². The molecule has 0 spiro atoms. The van der Waals surface area contributed by atoms with E-state index in [2.05, 4.69) is 10.6 Å². The van der Waals surface area contributed by atoms with Crippen LogP contribution in [0.25, 0.3) is 0 Å². The van der Waals surface area contributed by atoms with E-state index >= 15 is 0 Å². The fraction of sp³-hybridized carbons (Fsp3) is 0.500. The van der Waals surface area contributed by atoms with E-state index in [1.54, 1.807) is 6.07 Å². The topological polar surface area (TPSA) is 59.6 Å². The smallest absolute Gasteiger partial charge is 0.246 e. The monoisotopic (exact) mass is 264 g/mol. The first-order valence-corrected chi connectivity index (χ1v) is 6.53. The molecule has 1 heterocycles. The van der Waals surface area contributed by atoms with Crippen LogP contribution in [0.3, 0.4) is 0 Å². The summed E-state index contributed by atoms with van der Waals surface area (Å²) >= 11 is 0. The molecule has 1 aromatic rings. The third-order valence-electron chi connectivity index (χ3n) is 2.72. The highest BCUT2D eigenvalue weighted by Crippen LogP contribution is 2.40. The van der Waals surface area contributed by atoms with Gasteiger partial charge in [-0.25, -0.2) is 0 Å². The first kappa shape index (κ1) is 13.7. The molecule has 1 aliphatic rings. The fourth-order valence-electron chi connectivity index (χ4n) is 1.90. The van der Waals surface area contributed by atoms with Gasteiger partial charge in [-0.15, -0.1) is 0 Å². The minimum absolute atomic E-state index is 0.0147. The molecule has 2 rings (SSSR count). The van der Waals surface area contributed by atoms with Crippen molar-refractivity contribution in [3.8, 4) is 11.5 Å². The van der Waals surface area contributed by atoms with E-state index in [9.17, 15) is 4.79 Å². The van der Waals surface area contributed by atoms with Crippen molar-refractivity contribution in [1.29, 1.82) is 0 Å². The van der Waals surface area contributed by atoms with Crippen molar-refractivity contribution in [3.05, 3.63) is 18.2 Å². The summed E-state index contributed by atoms with van der Waals surface area (Å²) in [6.07, 6.45) is 0.452. The average molecular weight is 264 g/mol. The predicted octanol–water partition coefficient (Wildman–Crippen LogP) is 2.13. The number of nitrogens with one attached hydrogen (secondary N) is 2. The van der Waals surface area contributed by atoms with Gasteiger partial charge in [0.05, 0.1) is 0 Å². The van der Waals surface area contributed by atoms with Crippen molar-refractivity contribution in [3.63, 3.8) is 0 Å². The van der Waals surface area contributed by atoms with E-state index in [1.807, 2.05) is 32.9 Å². The zero-order chi connectivity index (χ0) is 13.9. The molecule has 5 heteroatoms. The van der Waals surface area contributed by atoms with Crippen LogP contribution < -0.4 is 20.1 Å². The second-order valence-corrected chi connectivity index (χ2v) is 4.92. The van der Waals surface area contributed by atoms with Gasteiger partial charge in [-0.1, -0.05) is 6.92 Å². The minimum atomic E-state index is -0.643. The Morgan fingerprint density at radius 2 is 2.00 bits per heavy atom. The van der Waals surface area contributed by atoms with Gasteiger partial charge in [-0.05, 0) is 18.7 Å². The Bertz CT molecular complexity index is 472. The molecule has 19 heavy (non-hydrogen) atoms. The van der Waals surface area contributed by atoms with Crippen LogP contribution in [0.1, 0.15) is 27.2 Å². The second-order valence-electron chi connectivity index (χ2n) is 4.92. The summed E-state index contributed by atoms with van der Waals surface area (Å²) in [6, 6.07) is 5.41. The Hall–Kier alpha value is -1.75. The fourth-order valence-corrected chi connectivity index (χ4v) is 1.90. The highest BCUT2D eigenvalue weighted by molar-refractivity contribution is 5.91. The lowest BCUT2D eigenvalue weighted by Crippen LogP contribution is -2.29. The number of fused-ring (bicyclic) bond motifs is 1. The van der Waals surface area contributed by atoms with E-state index in [0.29, 0.717) is 24.5 Å². The van der Waals surface area contributed by atoms with Crippen LogP contribution in [0.5, 0.6) is 11.5 Å². The summed E-state index contributed by atoms with van der Waals surface area (Å²) in [6.45, 7) is 7.26. The highest BCUT2D eigenvalue weighted by Gasteiger charge is 2.31. The number of hydrogen-bond donors (Lipinski definition) is 2. The quantitative estimate of drug-likeness (QED) is 0.800.